The highest BCUT2D eigenvalue weighted by molar-refractivity contribution is 5.84. The summed E-state index contributed by atoms with van der Waals surface area (Å²) in [5, 5.41) is 2.54. The number of para-hydroxylation sites is 2. The zero-order chi connectivity index (χ0) is 25.0. The number of anilines is 2. The average molecular weight is 475 g/mol. The molecule has 10 heteroatoms. The number of nitrogens with one attached hydrogen (secondary N) is 1. The number of hydrogen-bond acceptors (Lipinski definition) is 9. The van der Waals surface area contributed by atoms with E-state index in [1.165, 1.54) is 12.7 Å². The van der Waals surface area contributed by atoms with Gasteiger partial charge in [-0.1, -0.05) is 24.3 Å². The molecule has 0 radical (unpaired) electrons. The summed E-state index contributed by atoms with van der Waals surface area (Å²) in [6.45, 7) is 2.04. The highest BCUT2D eigenvalue weighted by Crippen LogP contribution is 2.29. The molecular formula is C25H26N6O4. The molecule has 0 bridgehead atoms. The van der Waals surface area contributed by atoms with Gasteiger partial charge in [0, 0.05) is 23.3 Å². The molecule has 2 heterocycles. The fourth-order valence-electron chi connectivity index (χ4n) is 3.08. The molecule has 4 rings (SSSR count). The number of nitrogens with zero attached hydrogens (tertiary/aromatic N) is 4. The van der Waals surface area contributed by atoms with E-state index in [2.05, 4.69) is 25.3 Å². The maximum Gasteiger partial charge on any atom is 0.412 e. The van der Waals surface area contributed by atoms with Crippen molar-refractivity contribution in [2.75, 3.05) is 31.9 Å². The van der Waals surface area contributed by atoms with E-state index < -0.39 is 6.09 Å². The number of amides is 1. The van der Waals surface area contributed by atoms with Crippen LogP contribution >= 0.6 is 0 Å². The zero-order valence-electron chi connectivity index (χ0n) is 19.6. The van der Waals surface area contributed by atoms with Gasteiger partial charge in [0.1, 0.15) is 35.8 Å². The molecule has 2 aromatic carbocycles. The molecule has 0 unspecified atom stereocenters. The summed E-state index contributed by atoms with van der Waals surface area (Å²) in [7, 11) is 3.22. The van der Waals surface area contributed by atoms with Crippen LogP contribution in [-0.2, 0) is 4.74 Å². The molecule has 180 valence electrons. The van der Waals surface area contributed by atoms with Gasteiger partial charge < -0.3 is 19.9 Å². The third-order valence-corrected chi connectivity index (χ3v) is 4.63. The molecule has 0 spiro atoms. The summed E-state index contributed by atoms with van der Waals surface area (Å²) >= 11 is 0. The number of nitrogens with two attached hydrogens (primary N) is 1. The molecule has 2 aromatic heterocycles. The maximum atomic E-state index is 11.4. The molecule has 0 aliphatic carbocycles. The Morgan fingerprint density at radius 3 is 1.91 bits per heavy atom. The molecule has 4 aromatic rings. The smallest absolute Gasteiger partial charge is 0.412 e. The van der Waals surface area contributed by atoms with Gasteiger partial charge in [0.25, 0.3) is 0 Å². The van der Waals surface area contributed by atoms with Gasteiger partial charge in [-0.15, -0.1) is 0 Å². The van der Waals surface area contributed by atoms with Gasteiger partial charge in [-0.2, -0.15) is 0 Å². The Labute approximate surface area is 203 Å². The Morgan fingerprint density at radius 2 is 1.37 bits per heavy atom. The number of methoxy groups -OCH3 is 2. The fourth-order valence-corrected chi connectivity index (χ4v) is 3.08. The zero-order valence-corrected chi connectivity index (χ0v) is 19.6. The van der Waals surface area contributed by atoms with Gasteiger partial charge >= 0.3 is 6.09 Å². The van der Waals surface area contributed by atoms with Crippen LogP contribution in [0.15, 0.2) is 73.3 Å². The van der Waals surface area contributed by atoms with E-state index in [1.807, 2.05) is 48.5 Å². The molecule has 0 saturated heterocycles. The number of benzene rings is 2. The molecular weight excluding hydrogens is 448 g/mol. The van der Waals surface area contributed by atoms with Gasteiger partial charge in [-0.05, 0) is 31.2 Å². The number of carbonyl (C=O) groups excluding carboxylic acids is 1. The lowest BCUT2D eigenvalue weighted by Crippen LogP contribution is -2.14. The number of aromatic nitrogens is 4. The van der Waals surface area contributed by atoms with Crippen molar-refractivity contribution < 1.29 is 19.0 Å². The molecule has 10 nitrogen and oxygen atoms in total. The first-order chi connectivity index (χ1) is 17.0. The predicted molar refractivity (Wildman–Crippen MR) is 133 cm³/mol. The number of nitrogen functional groups attached to an aromatic ring is 1. The van der Waals surface area contributed by atoms with Crippen LogP contribution in [-0.4, -0.2) is 46.9 Å². The Kier molecular flexibility index (Phi) is 8.89. The van der Waals surface area contributed by atoms with Crippen LogP contribution in [0.4, 0.5) is 16.4 Å². The Balaban J connectivity index is 0.000000203. The number of carbonyl (C=O) groups is 1. The molecule has 0 atom stereocenters. The van der Waals surface area contributed by atoms with Gasteiger partial charge in [0.2, 0.25) is 0 Å². The minimum Gasteiger partial charge on any atom is -0.496 e. The number of rotatable bonds is 6. The van der Waals surface area contributed by atoms with E-state index in [0.717, 1.165) is 22.6 Å². The van der Waals surface area contributed by atoms with E-state index in [-0.39, 0.29) is 0 Å². The third kappa shape index (κ3) is 6.87. The second-order valence-corrected chi connectivity index (χ2v) is 6.86. The van der Waals surface area contributed by atoms with Gasteiger partial charge in [0.05, 0.1) is 32.2 Å². The third-order valence-electron chi connectivity index (χ3n) is 4.63. The second kappa shape index (κ2) is 12.5. The summed E-state index contributed by atoms with van der Waals surface area (Å²) in [5.41, 5.74) is 8.75. The molecule has 0 aliphatic rings. The van der Waals surface area contributed by atoms with E-state index in [1.54, 1.807) is 33.3 Å². The summed E-state index contributed by atoms with van der Waals surface area (Å²) < 4.78 is 15.3. The van der Waals surface area contributed by atoms with Crippen LogP contribution in [0.3, 0.4) is 0 Å². The molecule has 0 saturated carbocycles. The lowest BCUT2D eigenvalue weighted by atomic mass is 10.1. The van der Waals surface area contributed by atoms with E-state index in [4.69, 9.17) is 19.9 Å². The van der Waals surface area contributed by atoms with Crippen LogP contribution in [0.25, 0.3) is 22.5 Å². The highest BCUT2D eigenvalue weighted by atomic mass is 16.5. The van der Waals surface area contributed by atoms with Gasteiger partial charge in [0.15, 0.2) is 0 Å². The van der Waals surface area contributed by atoms with Crippen molar-refractivity contribution >= 4 is 17.7 Å². The van der Waals surface area contributed by atoms with Crippen LogP contribution < -0.4 is 20.5 Å². The lowest BCUT2D eigenvalue weighted by Gasteiger charge is -2.09. The molecule has 0 aliphatic heterocycles. The van der Waals surface area contributed by atoms with E-state index in [0.29, 0.717) is 29.7 Å². The largest absolute Gasteiger partial charge is 0.496 e. The lowest BCUT2D eigenvalue weighted by molar-refractivity contribution is 0.168. The molecule has 3 N–H and O–H groups in total. The predicted octanol–water partition coefficient (Wildman–Crippen LogP) is 4.46. The Bertz CT molecular complexity index is 1270. The van der Waals surface area contributed by atoms with Crippen LogP contribution in [0.1, 0.15) is 6.92 Å². The first kappa shape index (κ1) is 24.9. The SMILES string of the molecule is CCOC(=O)Nc1cc(-c2ccccc2OC)ncn1.COc1ccccc1-c1cc(N)ncn1. The van der Waals surface area contributed by atoms with E-state index >= 15 is 0 Å². The van der Waals surface area contributed by atoms with Crippen molar-refractivity contribution in [2.45, 2.75) is 6.92 Å². The molecule has 1 amide bonds. The van der Waals surface area contributed by atoms with E-state index in [9.17, 15) is 4.79 Å². The van der Waals surface area contributed by atoms with Crippen LogP contribution in [0, 0.1) is 0 Å². The fraction of sp³-hybridized carbons (Fsp3) is 0.160. The first-order valence-electron chi connectivity index (χ1n) is 10.7. The maximum absolute atomic E-state index is 11.4. The molecule has 0 fully saturated rings. The van der Waals surface area contributed by atoms with Gasteiger partial charge in [-0.25, -0.2) is 24.7 Å². The number of ether oxygens (including phenoxy) is 3. The summed E-state index contributed by atoms with van der Waals surface area (Å²) in [4.78, 5) is 27.5. The Hall–Kier alpha value is -4.73. The van der Waals surface area contributed by atoms with Crippen molar-refractivity contribution in [3.8, 4) is 34.0 Å². The first-order valence-corrected chi connectivity index (χ1v) is 10.7. The topological polar surface area (TPSA) is 134 Å². The summed E-state index contributed by atoms with van der Waals surface area (Å²) in [6.07, 6.45) is 2.28. The van der Waals surface area contributed by atoms with Crippen molar-refractivity contribution in [3.63, 3.8) is 0 Å². The second-order valence-electron chi connectivity index (χ2n) is 6.86. The van der Waals surface area contributed by atoms with Gasteiger partial charge in [-0.3, -0.25) is 5.32 Å². The molecule has 35 heavy (non-hydrogen) atoms. The normalized spacial score (nSPS) is 9.91. The summed E-state index contributed by atoms with van der Waals surface area (Å²) in [6, 6.07) is 18.5. The minimum atomic E-state index is -0.544. The summed E-state index contributed by atoms with van der Waals surface area (Å²) in [5.74, 6) is 2.30. The minimum absolute atomic E-state index is 0.302. The van der Waals surface area contributed by atoms with Crippen LogP contribution in [0.2, 0.25) is 0 Å². The van der Waals surface area contributed by atoms with Crippen molar-refractivity contribution in [1.29, 1.82) is 0 Å². The standard InChI is InChI=1S/C14H15N3O3.C11H11N3O/c1-3-20-14(18)17-13-8-11(15-9-16-13)10-6-4-5-7-12(10)19-2;1-15-10-5-3-2-4-8(10)9-6-11(12)14-7-13-9/h4-9H,3H2,1-2H3,(H,15,16,17,18);2-7H,1H3,(H2,12,13,14). The number of hydrogen-bond donors (Lipinski definition) is 2. The van der Waals surface area contributed by atoms with Crippen molar-refractivity contribution in [3.05, 3.63) is 73.3 Å². The van der Waals surface area contributed by atoms with Crippen molar-refractivity contribution in [2.24, 2.45) is 0 Å². The average Bonchev–Trinajstić information content (AvgIpc) is 2.89. The Morgan fingerprint density at radius 1 is 0.829 bits per heavy atom. The van der Waals surface area contributed by atoms with Crippen LogP contribution in [0.5, 0.6) is 11.5 Å². The quantitative estimate of drug-likeness (QED) is 0.415. The highest BCUT2D eigenvalue weighted by Gasteiger charge is 2.09. The monoisotopic (exact) mass is 474 g/mol. The van der Waals surface area contributed by atoms with Crippen molar-refractivity contribution in [1.82, 2.24) is 19.9 Å².